The minimum atomic E-state index is 1.12. The van der Waals surface area contributed by atoms with Crippen LogP contribution in [0.3, 0.4) is 0 Å². The smallest absolute Gasteiger partial charge is 0.0654 e. The van der Waals surface area contributed by atoms with Crippen LogP contribution in [0.5, 0.6) is 0 Å². The van der Waals surface area contributed by atoms with E-state index in [2.05, 4.69) is 13.8 Å². The quantitative estimate of drug-likeness (QED) is 0.255. The van der Waals surface area contributed by atoms with E-state index in [0.29, 0.717) is 0 Å². The molecule has 0 aliphatic heterocycles. The Labute approximate surface area is 104 Å². The van der Waals surface area contributed by atoms with Crippen molar-refractivity contribution in [2.75, 3.05) is 0 Å². The normalized spacial score (nSPS) is 10.8. The van der Waals surface area contributed by atoms with Gasteiger partial charge in [0.25, 0.3) is 0 Å². The first-order valence-electron chi connectivity index (χ1n) is 7.71. The van der Waals surface area contributed by atoms with E-state index >= 15 is 0 Å². The maximum atomic E-state index is 3.87. The van der Waals surface area contributed by atoms with E-state index in [9.17, 15) is 0 Å². The molecule has 0 atom stereocenters. The van der Waals surface area contributed by atoms with Gasteiger partial charge >= 0.3 is 0 Å². The fourth-order valence-electron chi connectivity index (χ4n) is 2.19. The molecule has 0 aromatic rings. The minimum absolute atomic E-state index is 1.12. The maximum absolute atomic E-state index is 3.87. The Morgan fingerprint density at radius 2 is 0.812 bits per heavy atom. The first-order valence-corrected chi connectivity index (χ1v) is 7.71. The third-order valence-electron chi connectivity index (χ3n) is 3.35. The van der Waals surface area contributed by atoms with E-state index in [1.54, 1.807) is 0 Å². The highest BCUT2D eigenvalue weighted by atomic mass is 14.0. The highest BCUT2D eigenvalue weighted by Gasteiger charge is 1.93. The molecule has 0 radical (unpaired) electrons. The summed E-state index contributed by atoms with van der Waals surface area (Å²) in [6, 6.07) is 0. The largest absolute Gasteiger partial charge is 0.0850 e. The number of hydrogen-bond donors (Lipinski definition) is 0. The van der Waals surface area contributed by atoms with Crippen LogP contribution in [0.1, 0.15) is 96.8 Å². The lowest BCUT2D eigenvalue weighted by Crippen LogP contribution is -1.82. The second-order valence-corrected chi connectivity index (χ2v) is 5.10. The van der Waals surface area contributed by atoms with Crippen molar-refractivity contribution in [3.63, 3.8) is 0 Å². The zero-order chi connectivity index (χ0) is 11.9. The maximum Gasteiger partial charge on any atom is 0.0850 e. The molecule has 0 aliphatic rings. The van der Waals surface area contributed by atoms with Crippen LogP contribution >= 0.6 is 0 Å². The van der Waals surface area contributed by atoms with Gasteiger partial charge in [-0.3, -0.25) is 0 Å². The third-order valence-corrected chi connectivity index (χ3v) is 3.35. The molecule has 0 N–H and O–H groups in total. The summed E-state index contributed by atoms with van der Waals surface area (Å²) in [7, 11) is 0. The van der Waals surface area contributed by atoms with Gasteiger partial charge in [-0.15, -0.1) is 0 Å². The lowest BCUT2D eigenvalue weighted by Gasteiger charge is -2.02. The van der Waals surface area contributed by atoms with Crippen molar-refractivity contribution in [3.8, 4) is 0 Å². The van der Waals surface area contributed by atoms with Crippen LogP contribution in [0.2, 0.25) is 0 Å². The Balaban J connectivity index is 2.83. The zero-order valence-electron chi connectivity index (χ0n) is 11.6. The van der Waals surface area contributed by atoms with Crippen molar-refractivity contribution in [3.05, 3.63) is 6.92 Å². The fourth-order valence-corrected chi connectivity index (χ4v) is 2.19. The summed E-state index contributed by atoms with van der Waals surface area (Å²) >= 11 is 0. The van der Waals surface area contributed by atoms with Gasteiger partial charge < -0.3 is 0 Å². The minimum Gasteiger partial charge on any atom is -0.0654 e. The van der Waals surface area contributed by atoms with Gasteiger partial charge in [-0.2, -0.15) is 0 Å². The third kappa shape index (κ3) is 13.9. The summed E-state index contributed by atoms with van der Waals surface area (Å²) in [6.45, 7) is 6.16. The molecular weight excluding hydrogens is 192 g/mol. The van der Waals surface area contributed by atoms with E-state index < -0.39 is 0 Å². The molecule has 0 heterocycles. The van der Waals surface area contributed by atoms with Crippen LogP contribution in [0, 0.1) is 6.92 Å². The van der Waals surface area contributed by atoms with Crippen molar-refractivity contribution >= 4 is 0 Å². The van der Waals surface area contributed by atoms with Crippen molar-refractivity contribution in [2.45, 2.75) is 96.8 Å². The van der Waals surface area contributed by atoms with Crippen LogP contribution in [0.15, 0.2) is 0 Å². The molecule has 16 heavy (non-hydrogen) atoms. The van der Waals surface area contributed by atoms with Crippen LogP contribution in [-0.4, -0.2) is 0 Å². The van der Waals surface area contributed by atoms with Crippen LogP contribution in [0.4, 0.5) is 0 Å². The van der Waals surface area contributed by atoms with Gasteiger partial charge in [-0.05, 0) is 12.8 Å². The molecule has 0 nitrogen and oxygen atoms in total. The summed E-state index contributed by atoms with van der Waals surface area (Å²) in [6.07, 6.45) is 19.8. The Morgan fingerprint density at radius 3 is 1.12 bits per heavy atom. The predicted molar refractivity (Wildman–Crippen MR) is 75.7 cm³/mol. The van der Waals surface area contributed by atoms with Crippen molar-refractivity contribution in [1.29, 1.82) is 0 Å². The van der Waals surface area contributed by atoms with Crippen LogP contribution < -0.4 is 0 Å². The highest BCUT2D eigenvalue weighted by Crippen LogP contribution is 2.12. The number of hydrogen-bond acceptors (Lipinski definition) is 0. The number of rotatable bonds is 13. The standard InChI is InChI=1S/C16H33/c1-3-5-7-9-11-13-15-16-14-12-10-8-6-4-2/h1,3-16H2,2H3/q+1. The Bertz CT molecular complexity index is 92.6. The Kier molecular flexibility index (Phi) is 14.7. The van der Waals surface area contributed by atoms with Gasteiger partial charge in [0.15, 0.2) is 0 Å². The molecule has 0 aromatic heterocycles. The number of unbranched alkanes of at least 4 members (excludes halogenated alkanes) is 13. The summed E-state index contributed by atoms with van der Waals surface area (Å²) in [4.78, 5) is 0. The molecule has 0 rings (SSSR count). The van der Waals surface area contributed by atoms with Crippen LogP contribution in [0.25, 0.3) is 0 Å². The van der Waals surface area contributed by atoms with E-state index in [0.717, 1.165) is 6.42 Å². The van der Waals surface area contributed by atoms with Crippen molar-refractivity contribution in [1.82, 2.24) is 0 Å². The van der Waals surface area contributed by atoms with Crippen molar-refractivity contribution in [2.24, 2.45) is 0 Å². The van der Waals surface area contributed by atoms with Gasteiger partial charge in [-0.1, -0.05) is 77.6 Å². The Hall–Kier alpha value is -0.130. The molecule has 96 valence electrons. The summed E-state index contributed by atoms with van der Waals surface area (Å²) in [5, 5.41) is 0. The molecule has 0 saturated heterocycles. The molecule has 0 saturated carbocycles. The molecule has 0 aromatic carbocycles. The average Bonchev–Trinajstić information content (AvgIpc) is 2.31. The van der Waals surface area contributed by atoms with E-state index in [4.69, 9.17) is 0 Å². The topological polar surface area (TPSA) is 0 Å². The first-order chi connectivity index (χ1) is 7.91. The molecular formula is C16H33+. The van der Waals surface area contributed by atoms with E-state index in [1.165, 1.54) is 83.5 Å². The lowest BCUT2D eigenvalue weighted by molar-refractivity contribution is 0.540. The predicted octanol–water partition coefficient (Wildman–Crippen LogP) is 6.30. The molecule has 0 spiro atoms. The second-order valence-electron chi connectivity index (χ2n) is 5.10. The van der Waals surface area contributed by atoms with Crippen molar-refractivity contribution < 1.29 is 0 Å². The molecule has 0 fully saturated rings. The van der Waals surface area contributed by atoms with E-state index in [-0.39, 0.29) is 0 Å². The average molecular weight is 225 g/mol. The molecule has 0 bridgehead atoms. The lowest BCUT2D eigenvalue weighted by atomic mass is 10.0. The van der Waals surface area contributed by atoms with E-state index in [1.807, 2.05) is 0 Å². The van der Waals surface area contributed by atoms with Gasteiger partial charge in [0.05, 0.1) is 13.3 Å². The molecule has 0 aliphatic carbocycles. The summed E-state index contributed by atoms with van der Waals surface area (Å²) in [5.74, 6) is 0. The summed E-state index contributed by atoms with van der Waals surface area (Å²) < 4.78 is 0. The molecule has 0 heteroatoms. The first kappa shape index (κ1) is 15.9. The fraction of sp³-hybridized carbons (Fsp3) is 0.938. The Morgan fingerprint density at radius 1 is 0.500 bits per heavy atom. The van der Waals surface area contributed by atoms with Gasteiger partial charge in [-0.25, -0.2) is 0 Å². The highest BCUT2D eigenvalue weighted by molar-refractivity contribution is 4.49. The monoisotopic (exact) mass is 225 g/mol. The van der Waals surface area contributed by atoms with Gasteiger partial charge in [0, 0.05) is 0 Å². The van der Waals surface area contributed by atoms with Gasteiger partial charge in [0.1, 0.15) is 0 Å². The summed E-state index contributed by atoms with van der Waals surface area (Å²) in [5.41, 5.74) is 0. The molecule has 0 unspecified atom stereocenters. The van der Waals surface area contributed by atoms with Gasteiger partial charge in [0.2, 0.25) is 0 Å². The molecule has 0 amide bonds. The SMILES string of the molecule is [CH2+]CCCCCCCCCCCCCCC. The zero-order valence-corrected chi connectivity index (χ0v) is 11.6. The second kappa shape index (κ2) is 14.9. The van der Waals surface area contributed by atoms with Crippen LogP contribution in [-0.2, 0) is 0 Å².